The second kappa shape index (κ2) is 9.47. The molecule has 0 radical (unpaired) electrons. The smallest absolute Gasteiger partial charge is 0.240 e. The van der Waals surface area contributed by atoms with Gasteiger partial charge in [-0.3, -0.25) is 4.79 Å². The Bertz CT molecular complexity index is 712. The van der Waals surface area contributed by atoms with Crippen LogP contribution < -0.4 is 14.9 Å². The Hall–Kier alpha value is -2.82. The first kappa shape index (κ1) is 18.5. The molecule has 0 unspecified atom stereocenters. The number of nitrogens with zero attached hydrogens (tertiary/aromatic N) is 1. The molecule has 25 heavy (non-hydrogen) atoms. The molecule has 0 spiro atoms. The van der Waals surface area contributed by atoms with Crippen LogP contribution in [0, 0.1) is 0 Å². The first-order chi connectivity index (χ1) is 12.1. The predicted molar refractivity (Wildman–Crippen MR) is 99.3 cm³/mol. The van der Waals surface area contributed by atoms with Crippen molar-refractivity contribution in [2.24, 2.45) is 5.10 Å². The molecule has 0 aliphatic rings. The van der Waals surface area contributed by atoms with Gasteiger partial charge in [-0.1, -0.05) is 30.3 Å². The van der Waals surface area contributed by atoms with E-state index < -0.39 is 0 Å². The van der Waals surface area contributed by atoms with Crippen LogP contribution in [0.2, 0.25) is 0 Å². The van der Waals surface area contributed by atoms with Gasteiger partial charge < -0.3 is 9.47 Å². The second-order valence-corrected chi connectivity index (χ2v) is 5.86. The van der Waals surface area contributed by atoms with E-state index in [9.17, 15) is 4.79 Å². The molecule has 5 heteroatoms. The summed E-state index contributed by atoms with van der Waals surface area (Å²) in [5, 5.41) is 4.00. The molecule has 0 saturated heterocycles. The zero-order valence-corrected chi connectivity index (χ0v) is 14.9. The minimum atomic E-state index is -0.119. The van der Waals surface area contributed by atoms with Gasteiger partial charge in [0.1, 0.15) is 0 Å². The van der Waals surface area contributed by atoms with Crippen LogP contribution in [0.4, 0.5) is 0 Å². The fraction of sp³-hybridized carbons (Fsp3) is 0.300. The standard InChI is InChI=1S/C20H24N2O3/c1-15(2)25-18-11-9-17(13-19(18)24-3)14-21-22-20(23)12-10-16-7-5-4-6-8-16/h4-9,11,13-15H,10,12H2,1-3H3,(H,22,23). The molecule has 0 aliphatic heterocycles. The fourth-order valence-corrected chi connectivity index (χ4v) is 2.25. The quantitative estimate of drug-likeness (QED) is 0.590. The number of hydrogen-bond acceptors (Lipinski definition) is 4. The monoisotopic (exact) mass is 340 g/mol. The first-order valence-electron chi connectivity index (χ1n) is 8.29. The van der Waals surface area contributed by atoms with E-state index in [1.165, 1.54) is 0 Å². The van der Waals surface area contributed by atoms with Crippen LogP contribution in [0.25, 0.3) is 0 Å². The molecule has 0 aromatic heterocycles. The Kier molecular flexibility index (Phi) is 7.01. The average molecular weight is 340 g/mol. The van der Waals surface area contributed by atoms with Crippen molar-refractivity contribution in [3.63, 3.8) is 0 Å². The van der Waals surface area contributed by atoms with Crippen molar-refractivity contribution in [1.29, 1.82) is 0 Å². The maximum Gasteiger partial charge on any atom is 0.240 e. The number of rotatable bonds is 8. The molecule has 2 rings (SSSR count). The number of hydrazone groups is 1. The lowest BCUT2D eigenvalue weighted by molar-refractivity contribution is -0.121. The summed E-state index contributed by atoms with van der Waals surface area (Å²) in [5.41, 5.74) is 4.49. The van der Waals surface area contributed by atoms with Crippen LogP contribution in [0.5, 0.6) is 11.5 Å². The Labute approximate surface area is 148 Å². The molecule has 1 amide bonds. The van der Waals surface area contributed by atoms with Crippen LogP contribution in [0.1, 0.15) is 31.4 Å². The number of hydrogen-bond donors (Lipinski definition) is 1. The fourth-order valence-electron chi connectivity index (χ4n) is 2.25. The molecular formula is C20H24N2O3. The Morgan fingerprint density at radius 2 is 1.92 bits per heavy atom. The van der Waals surface area contributed by atoms with Crippen molar-refractivity contribution in [2.75, 3.05) is 7.11 Å². The third-order valence-electron chi connectivity index (χ3n) is 3.44. The van der Waals surface area contributed by atoms with Gasteiger partial charge in [-0.15, -0.1) is 0 Å². The van der Waals surface area contributed by atoms with Gasteiger partial charge in [-0.2, -0.15) is 5.10 Å². The van der Waals surface area contributed by atoms with Crippen LogP contribution >= 0.6 is 0 Å². The van der Waals surface area contributed by atoms with E-state index >= 15 is 0 Å². The molecule has 0 bridgehead atoms. The lowest BCUT2D eigenvalue weighted by atomic mass is 10.1. The number of benzene rings is 2. The number of ether oxygens (including phenoxy) is 2. The second-order valence-electron chi connectivity index (χ2n) is 5.86. The summed E-state index contributed by atoms with van der Waals surface area (Å²) >= 11 is 0. The van der Waals surface area contributed by atoms with Crippen molar-refractivity contribution < 1.29 is 14.3 Å². The highest BCUT2D eigenvalue weighted by Gasteiger charge is 2.07. The molecule has 2 aromatic carbocycles. The topological polar surface area (TPSA) is 59.9 Å². The van der Waals surface area contributed by atoms with Crippen molar-refractivity contribution >= 4 is 12.1 Å². The Balaban J connectivity index is 1.87. The van der Waals surface area contributed by atoms with E-state index in [0.717, 1.165) is 11.1 Å². The number of aryl methyl sites for hydroxylation is 1. The number of carbonyl (C=O) groups excluding carboxylic acids is 1. The predicted octanol–water partition coefficient (Wildman–Crippen LogP) is 3.57. The summed E-state index contributed by atoms with van der Waals surface area (Å²) in [6, 6.07) is 15.4. The van der Waals surface area contributed by atoms with Gasteiger partial charge in [0.15, 0.2) is 11.5 Å². The third kappa shape index (κ3) is 6.30. The van der Waals surface area contributed by atoms with Gasteiger partial charge in [0.05, 0.1) is 19.4 Å². The van der Waals surface area contributed by atoms with E-state index in [1.54, 1.807) is 13.3 Å². The van der Waals surface area contributed by atoms with Gasteiger partial charge >= 0.3 is 0 Å². The SMILES string of the molecule is COc1cc(C=NNC(=O)CCc2ccccc2)ccc1OC(C)C. The molecule has 5 nitrogen and oxygen atoms in total. The lowest BCUT2D eigenvalue weighted by Gasteiger charge is -2.13. The van der Waals surface area contributed by atoms with Crippen LogP contribution in [0.15, 0.2) is 53.6 Å². The molecular weight excluding hydrogens is 316 g/mol. The van der Waals surface area contributed by atoms with Crippen LogP contribution in [0.3, 0.4) is 0 Å². The normalized spacial score (nSPS) is 10.9. The van der Waals surface area contributed by atoms with Gasteiger partial charge in [0, 0.05) is 6.42 Å². The molecule has 132 valence electrons. The van der Waals surface area contributed by atoms with Gasteiger partial charge in [-0.25, -0.2) is 5.43 Å². The minimum Gasteiger partial charge on any atom is -0.493 e. The minimum absolute atomic E-state index is 0.0670. The number of nitrogens with one attached hydrogen (secondary N) is 1. The van der Waals surface area contributed by atoms with E-state index in [1.807, 2.05) is 62.4 Å². The largest absolute Gasteiger partial charge is 0.493 e. The molecule has 1 N–H and O–H groups in total. The van der Waals surface area contributed by atoms with Crippen molar-refractivity contribution in [2.45, 2.75) is 32.8 Å². The molecule has 0 fully saturated rings. The number of carbonyl (C=O) groups is 1. The van der Waals surface area contributed by atoms with Gasteiger partial charge in [0.25, 0.3) is 0 Å². The number of methoxy groups -OCH3 is 1. The summed E-state index contributed by atoms with van der Waals surface area (Å²) < 4.78 is 11.0. The first-order valence-corrected chi connectivity index (χ1v) is 8.29. The highest BCUT2D eigenvalue weighted by atomic mass is 16.5. The van der Waals surface area contributed by atoms with Crippen molar-refractivity contribution in [3.05, 3.63) is 59.7 Å². The zero-order valence-electron chi connectivity index (χ0n) is 14.9. The zero-order chi connectivity index (χ0) is 18.1. The molecule has 0 saturated carbocycles. The highest BCUT2D eigenvalue weighted by Crippen LogP contribution is 2.28. The van der Waals surface area contributed by atoms with E-state index in [4.69, 9.17) is 9.47 Å². The molecule has 0 atom stereocenters. The Morgan fingerprint density at radius 3 is 2.60 bits per heavy atom. The van der Waals surface area contributed by atoms with E-state index in [-0.39, 0.29) is 12.0 Å². The number of amides is 1. The van der Waals surface area contributed by atoms with Gasteiger partial charge in [0.2, 0.25) is 5.91 Å². The summed E-state index contributed by atoms with van der Waals surface area (Å²) in [6.07, 6.45) is 2.74. The molecule has 0 aliphatic carbocycles. The van der Waals surface area contributed by atoms with E-state index in [2.05, 4.69) is 10.5 Å². The van der Waals surface area contributed by atoms with Crippen molar-refractivity contribution in [3.8, 4) is 11.5 Å². The maximum atomic E-state index is 11.8. The molecule has 2 aromatic rings. The van der Waals surface area contributed by atoms with E-state index in [0.29, 0.717) is 24.3 Å². The highest BCUT2D eigenvalue weighted by molar-refractivity contribution is 5.83. The Morgan fingerprint density at radius 1 is 1.16 bits per heavy atom. The lowest BCUT2D eigenvalue weighted by Crippen LogP contribution is -2.17. The maximum absolute atomic E-state index is 11.8. The van der Waals surface area contributed by atoms with Crippen LogP contribution in [-0.2, 0) is 11.2 Å². The average Bonchev–Trinajstić information content (AvgIpc) is 2.61. The molecule has 0 heterocycles. The third-order valence-corrected chi connectivity index (χ3v) is 3.44. The van der Waals surface area contributed by atoms with Gasteiger partial charge in [-0.05, 0) is 49.6 Å². The van der Waals surface area contributed by atoms with Crippen molar-refractivity contribution in [1.82, 2.24) is 5.43 Å². The summed E-state index contributed by atoms with van der Waals surface area (Å²) in [4.78, 5) is 11.8. The summed E-state index contributed by atoms with van der Waals surface area (Å²) in [7, 11) is 1.59. The summed E-state index contributed by atoms with van der Waals surface area (Å²) in [5.74, 6) is 1.20. The summed E-state index contributed by atoms with van der Waals surface area (Å²) in [6.45, 7) is 3.92. The van der Waals surface area contributed by atoms with Crippen LogP contribution in [-0.4, -0.2) is 25.3 Å².